The van der Waals surface area contributed by atoms with Crippen LogP contribution in [0.15, 0.2) is 54.6 Å². The van der Waals surface area contributed by atoms with Crippen LogP contribution in [0.3, 0.4) is 0 Å². The number of benzene rings is 2. The second-order valence-electron chi connectivity index (χ2n) is 8.63. The van der Waals surface area contributed by atoms with Crippen LogP contribution in [0.25, 0.3) is 6.08 Å². The molecule has 0 spiro atoms. The van der Waals surface area contributed by atoms with E-state index >= 15 is 0 Å². The number of aliphatic hydroxyl groups is 1. The highest BCUT2D eigenvalue weighted by atomic mass is 35.5. The zero-order valence-corrected chi connectivity index (χ0v) is 20.5. The van der Waals surface area contributed by atoms with Crippen LogP contribution in [0.4, 0.5) is 0 Å². The highest BCUT2D eigenvalue weighted by Gasteiger charge is 2.43. The third kappa shape index (κ3) is 5.42. The standard InChI is InChI=1S/C27H29ClN2O4.H2O/c1-2-3-10-24-29-23(17-31)25(28)30(24)16-19-11-13-21(14-12-19)34-18-27(26(32)33)15-6-8-20-7-4-5-9-22(20)27;/h4-9,11-14,31H,2-3,10,15-18H2,1H3,(H,32,33);1H2. The number of fused-ring (bicyclic) bond motifs is 1. The predicted octanol–water partition coefficient (Wildman–Crippen LogP) is 4.41. The van der Waals surface area contributed by atoms with Gasteiger partial charge >= 0.3 is 5.97 Å². The van der Waals surface area contributed by atoms with Crippen molar-refractivity contribution in [2.75, 3.05) is 6.61 Å². The van der Waals surface area contributed by atoms with Crippen LogP contribution in [0, 0.1) is 0 Å². The number of carboxylic acids is 1. The second-order valence-corrected chi connectivity index (χ2v) is 8.98. The van der Waals surface area contributed by atoms with Gasteiger partial charge in [0.05, 0.1) is 13.2 Å². The topological polar surface area (TPSA) is 116 Å². The highest BCUT2D eigenvalue weighted by molar-refractivity contribution is 6.30. The van der Waals surface area contributed by atoms with Gasteiger partial charge in [-0.15, -0.1) is 0 Å². The van der Waals surface area contributed by atoms with Gasteiger partial charge in [-0.1, -0.05) is 73.5 Å². The SMILES string of the molecule is CCCCc1nc(CO)c(Cl)n1Cc1ccc(OCC2(C(=O)O)CC=Cc3ccccc32)cc1.O. The molecule has 1 aliphatic rings. The Hall–Kier alpha value is -3.13. The lowest BCUT2D eigenvalue weighted by atomic mass is 9.73. The van der Waals surface area contributed by atoms with Gasteiger partial charge in [-0.05, 0) is 41.7 Å². The Labute approximate surface area is 210 Å². The summed E-state index contributed by atoms with van der Waals surface area (Å²) < 4.78 is 7.94. The summed E-state index contributed by atoms with van der Waals surface area (Å²) in [7, 11) is 0. The summed E-state index contributed by atoms with van der Waals surface area (Å²) in [5.74, 6) is 0.578. The lowest BCUT2D eigenvalue weighted by molar-refractivity contribution is -0.145. The van der Waals surface area contributed by atoms with Crippen molar-refractivity contribution in [2.24, 2.45) is 0 Å². The molecule has 4 N–H and O–H groups in total. The third-order valence-electron chi connectivity index (χ3n) is 6.35. The molecule has 1 heterocycles. The van der Waals surface area contributed by atoms with Gasteiger partial charge in [0, 0.05) is 6.42 Å². The number of halogens is 1. The van der Waals surface area contributed by atoms with E-state index in [1.807, 2.05) is 65.3 Å². The molecule has 35 heavy (non-hydrogen) atoms. The molecule has 4 rings (SSSR count). The van der Waals surface area contributed by atoms with E-state index in [4.69, 9.17) is 16.3 Å². The monoisotopic (exact) mass is 498 g/mol. The fourth-order valence-corrected chi connectivity index (χ4v) is 4.63. The molecule has 0 radical (unpaired) electrons. The van der Waals surface area contributed by atoms with Crippen molar-refractivity contribution < 1.29 is 25.2 Å². The molecule has 2 aromatic carbocycles. The minimum atomic E-state index is -1.12. The van der Waals surface area contributed by atoms with Gasteiger partial charge in [0.1, 0.15) is 34.4 Å². The largest absolute Gasteiger partial charge is 0.492 e. The summed E-state index contributed by atoms with van der Waals surface area (Å²) in [5.41, 5.74) is 2.06. The lowest BCUT2D eigenvalue weighted by Gasteiger charge is -2.32. The number of carbonyl (C=O) groups is 1. The Morgan fingerprint density at radius 1 is 1.20 bits per heavy atom. The number of hydrogen-bond acceptors (Lipinski definition) is 4. The molecular formula is C27H31ClN2O5. The van der Waals surface area contributed by atoms with E-state index in [1.165, 1.54) is 0 Å². The average Bonchev–Trinajstić information content (AvgIpc) is 3.16. The summed E-state index contributed by atoms with van der Waals surface area (Å²) in [5, 5.41) is 20.1. The van der Waals surface area contributed by atoms with E-state index in [2.05, 4.69) is 11.9 Å². The van der Waals surface area contributed by atoms with Crippen molar-refractivity contribution in [1.82, 2.24) is 9.55 Å². The molecule has 8 heteroatoms. The number of ether oxygens (including phenoxy) is 1. The minimum absolute atomic E-state index is 0. The van der Waals surface area contributed by atoms with Crippen molar-refractivity contribution in [3.05, 3.63) is 88.0 Å². The molecule has 0 bridgehead atoms. The average molecular weight is 499 g/mol. The van der Waals surface area contributed by atoms with Crippen LogP contribution < -0.4 is 4.74 Å². The van der Waals surface area contributed by atoms with E-state index in [9.17, 15) is 15.0 Å². The van der Waals surface area contributed by atoms with Gasteiger partial charge in [-0.2, -0.15) is 0 Å². The van der Waals surface area contributed by atoms with Crippen LogP contribution >= 0.6 is 11.6 Å². The molecule has 3 aromatic rings. The maximum absolute atomic E-state index is 12.3. The normalized spacial score (nSPS) is 16.4. The number of carboxylic acid groups (broad SMARTS) is 1. The third-order valence-corrected chi connectivity index (χ3v) is 6.78. The van der Waals surface area contributed by atoms with Crippen molar-refractivity contribution >= 4 is 23.6 Å². The Bertz CT molecular complexity index is 1190. The number of hydrogen-bond donors (Lipinski definition) is 2. The summed E-state index contributed by atoms with van der Waals surface area (Å²) in [6, 6.07) is 15.1. The smallest absolute Gasteiger partial charge is 0.317 e. The van der Waals surface area contributed by atoms with E-state index in [0.29, 0.717) is 29.6 Å². The van der Waals surface area contributed by atoms with Crippen LogP contribution in [0.1, 0.15) is 54.4 Å². The zero-order chi connectivity index (χ0) is 24.1. The van der Waals surface area contributed by atoms with Gasteiger partial charge in [0.2, 0.25) is 0 Å². The van der Waals surface area contributed by atoms with Gasteiger partial charge in [-0.3, -0.25) is 4.79 Å². The number of allylic oxidation sites excluding steroid dienone is 1. The molecule has 0 saturated heterocycles. The quantitative estimate of drug-likeness (QED) is 0.429. The summed E-state index contributed by atoms with van der Waals surface area (Å²) in [6.45, 7) is 2.50. The minimum Gasteiger partial charge on any atom is -0.492 e. The number of imidazole rings is 1. The molecule has 1 unspecified atom stereocenters. The van der Waals surface area contributed by atoms with Crippen molar-refractivity contribution in [3.63, 3.8) is 0 Å². The lowest BCUT2D eigenvalue weighted by Crippen LogP contribution is -2.42. The second kappa shape index (κ2) is 11.5. The first-order valence-electron chi connectivity index (χ1n) is 11.5. The van der Waals surface area contributed by atoms with Crippen molar-refractivity contribution in [2.45, 2.75) is 51.2 Å². The number of nitrogens with zero attached hydrogens (tertiary/aromatic N) is 2. The number of aliphatic hydroxyl groups excluding tert-OH is 1. The zero-order valence-electron chi connectivity index (χ0n) is 19.7. The number of unbranched alkanes of at least 4 members (excludes halogenated alkanes) is 1. The van der Waals surface area contributed by atoms with Crippen LogP contribution in [0.2, 0.25) is 5.15 Å². The molecular weight excluding hydrogens is 468 g/mol. The molecule has 0 saturated carbocycles. The molecule has 186 valence electrons. The van der Waals surface area contributed by atoms with Crippen molar-refractivity contribution in [3.8, 4) is 5.75 Å². The highest BCUT2D eigenvalue weighted by Crippen LogP contribution is 2.37. The maximum Gasteiger partial charge on any atom is 0.317 e. The van der Waals surface area contributed by atoms with Gasteiger partial charge in [0.15, 0.2) is 0 Å². The molecule has 1 aliphatic carbocycles. The van der Waals surface area contributed by atoms with Gasteiger partial charge in [-0.25, -0.2) is 4.98 Å². The van der Waals surface area contributed by atoms with Gasteiger partial charge < -0.3 is 25.0 Å². The Morgan fingerprint density at radius 2 is 1.94 bits per heavy atom. The van der Waals surface area contributed by atoms with Crippen LogP contribution in [-0.4, -0.2) is 37.8 Å². The summed E-state index contributed by atoms with van der Waals surface area (Å²) >= 11 is 6.47. The summed E-state index contributed by atoms with van der Waals surface area (Å²) in [6.07, 6.45) is 7.07. The maximum atomic E-state index is 12.3. The number of aromatic nitrogens is 2. The van der Waals surface area contributed by atoms with E-state index in [-0.39, 0.29) is 18.7 Å². The Balaban J connectivity index is 0.00000342. The van der Waals surface area contributed by atoms with Crippen LogP contribution in [-0.2, 0) is 29.8 Å². The predicted molar refractivity (Wildman–Crippen MR) is 136 cm³/mol. The first-order valence-corrected chi connectivity index (χ1v) is 11.9. The Kier molecular flexibility index (Phi) is 8.72. The number of rotatable bonds is 10. The molecule has 1 atom stereocenters. The number of aliphatic carboxylic acids is 1. The number of aryl methyl sites for hydroxylation is 1. The molecule has 1 aromatic heterocycles. The first-order chi connectivity index (χ1) is 16.5. The molecule has 7 nitrogen and oxygen atoms in total. The van der Waals surface area contributed by atoms with Crippen LogP contribution in [0.5, 0.6) is 5.75 Å². The summed E-state index contributed by atoms with van der Waals surface area (Å²) in [4.78, 5) is 16.8. The van der Waals surface area contributed by atoms with Gasteiger partial charge in [0.25, 0.3) is 0 Å². The molecule has 0 aliphatic heterocycles. The van der Waals surface area contributed by atoms with E-state index < -0.39 is 11.4 Å². The Morgan fingerprint density at radius 3 is 2.63 bits per heavy atom. The van der Waals surface area contributed by atoms with Crippen molar-refractivity contribution in [1.29, 1.82) is 0 Å². The van der Waals surface area contributed by atoms with E-state index in [1.54, 1.807) is 0 Å². The molecule has 0 fully saturated rings. The fraction of sp³-hybridized carbons (Fsp3) is 0.333. The van der Waals surface area contributed by atoms with E-state index in [0.717, 1.165) is 41.8 Å². The molecule has 0 amide bonds. The fourth-order valence-electron chi connectivity index (χ4n) is 4.37. The first kappa shape index (κ1) is 26.5.